The van der Waals surface area contributed by atoms with Crippen molar-refractivity contribution in [2.45, 2.75) is 10.8 Å². The Balaban J connectivity index is 2.39. The summed E-state index contributed by atoms with van der Waals surface area (Å²) < 4.78 is 28.2. The average Bonchev–Trinajstić information content (AvgIpc) is 2.49. The zero-order valence-corrected chi connectivity index (χ0v) is 9.14. The fraction of sp³-hybridized carbons (Fsp3) is 0.0769. The van der Waals surface area contributed by atoms with E-state index in [4.69, 9.17) is 0 Å². The molecule has 1 aliphatic carbocycles. The Labute approximate surface area is 97.3 Å². The fourth-order valence-corrected chi connectivity index (χ4v) is 2.37. The van der Waals surface area contributed by atoms with Gasteiger partial charge in [-0.15, -0.1) is 12.6 Å². The van der Waals surface area contributed by atoms with Gasteiger partial charge < -0.3 is 0 Å². The van der Waals surface area contributed by atoms with Gasteiger partial charge in [-0.2, -0.15) is 8.78 Å². The standard InChI is InChI=1S/C13H8F2S/c14-13(15)11-4-2-1-3-9(11)10-6-5-8(16)7-12(10)13/h1-7,16H. The maximum Gasteiger partial charge on any atom is 0.299 e. The molecule has 3 rings (SSSR count). The predicted octanol–water partition coefficient (Wildman–Crippen LogP) is 4.10. The molecule has 0 amide bonds. The Morgan fingerprint density at radius 1 is 0.875 bits per heavy atom. The van der Waals surface area contributed by atoms with Crippen LogP contribution in [0.15, 0.2) is 47.4 Å². The Kier molecular flexibility index (Phi) is 1.89. The summed E-state index contributed by atoms with van der Waals surface area (Å²) in [5.74, 6) is -2.90. The van der Waals surface area contributed by atoms with E-state index >= 15 is 0 Å². The van der Waals surface area contributed by atoms with Crippen molar-refractivity contribution in [3.8, 4) is 11.1 Å². The molecule has 0 spiro atoms. The van der Waals surface area contributed by atoms with E-state index in [9.17, 15) is 8.78 Å². The van der Waals surface area contributed by atoms with E-state index in [0.717, 1.165) is 0 Å². The SMILES string of the molecule is FC1(F)c2ccccc2-c2ccc(S)cc21. The van der Waals surface area contributed by atoms with Crippen molar-refractivity contribution in [2.75, 3.05) is 0 Å². The lowest BCUT2D eigenvalue weighted by molar-refractivity contribution is 0.0478. The molecule has 0 radical (unpaired) electrons. The first-order chi connectivity index (χ1) is 7.60. The zero-order chi connectivity index (χ0) is 11.3. The van der Waals surface area contributed by atoms with Gasteiger partial charge in [0.1, 0.15) is 0 Å². The van der Waals surface area contributed by atoms with Crippen LogP contribution in [0.1, 0.15) is 11.1 Å². The van der Waals surface area contributed by atoms with Gasteiger partial charge in [-0.25, -0.2) is 0 Å². The molecule has 0 aliphatic heterocycles. The highest BCUT2D eigenvalue weighted by Crippen LogP contribution is 2.51. The normalized spacial score (nSPS) is 15.7. The van der Waals surface area contributed by atoms with Gasteiger partial charge in [-0.05, 0) is 23.3 Å². The van der Waals surface area contributed by atoms with E-state index < -0.39 is 5.92 Å². The predicted molar refractivity (Wildman–Crippen MR) is 62.1 cm³/mol. The maximum atomic E-state index is 14.1. The van der Waals surface area contributed by atoms with Crippen molar-refractivity contribution >= 4 is 12.6 Å². The number of halogens is 2. The second kappa shape index (κ2) is 3.08. The number of benzene rings is 2. The maximum absolute atomic E-state index is 14.1. The van der Waals surface area contributed by atoms with Gasteiger partial charge in [-0.1, -0.05) is 30.3 Å². The average molecular weight is 234 g/mol. The fourth-order valence-electron chi connectivity index (χ4n) is 2.16. The highest BCUT2D eigenvalue weighted by molar-refractivity contribution is 7.80. The van der Waals surface area contributed by atoms with Gasteiger partial charge >= 0.3 is 0 Å². The molecule has 1 aliphatic rings. The van der Waals surface area contributed by atoms with Crippen LogP contribution in [0.4, 0.5) is 8.78 Å². The second-order valence-corrected chi connectivity index (χ2v) is 4.37. The first-order valence-corrected chi connectivity index (χ1v) is 5.36. The minimum absolute atomic E-state index is 0.0567. The Morgan fingerprint density at radius 3 is 2.38 bits per heavy atom. The molecule has 0 nitrogen and oxygen atoms in total. The summed E-state index contributed by atoms with van der Waals surface area (Å²) in [4.78, 5) is 0.561. The van der Waals surface area contributed by atoms with E-state index in [1.165, 1.54) is 12.1 Å². The van der Waals surface area contributed by atoms with Crippen LogP contribution in [-0.4, -0.2) is 0 Å². The topological polar surface area (TPSA) is 0 Å². The molecule has 0 bridgehead atoms. The third-order valence-electron chi connectivity index (χ3n) is 2.90. The van der Waals surface area contributed by atoms with Crippen LogP contribution in [0, 0.1) is 0 Å². The van der Waals surface area contributed by atoms with Gasteiger partial charge in [0.2, 0.25) is 0 Å². The lowest BCUT2D eigenvalue weighted by atomic mass is 10.1. The molecule has 0 atom stereocenters. The summed E-state index contributed by atoms with van der Waals surface area (Å²) in [6, 6.07) is 11.5. The van der Waals surface area contributed by atoms with E-state index in [1.807, 2.05) is 0 Å². The number of hydrogen-bond donors (Lipinski definition) is 1. The quantitative estimate of drug-likeness (QED) is 0.652. The largest absolute Gasteiger partial charge is 0.299 e. The highest BCUT2D eigenvalue weighted by Gasteiger charge is 2.43. The molecule has 2 aromatic carbocycles. The van der Waals surface area contributed by atoms with Crippen LogP contribution in [-0.2, 0) is 5.92 Å². The minimum Gasteiger partial charge on any atom is -0.196 e. The summed E-state index contributed by atoms with van der Waals surface area (Å²) in [5.41, 5.74) is 1.37. The number of alkyl halides is 2. The summed E-state index contributed by atoms with van der Waals surface area (Å²) >= 11 is 4.11. The zero-order valence-electron chi connectivity index (χ0n) is 8.24. The van der Waals surface area contributed by atoms with Gasteiger partial charge in [0.05, 0.1) is 0 Å². The Morgan fingerprint density at radius 2 is 1.56 bits per heavy atom. The summed E-state index contributed by atoms with van der Waals surface area (Å²) in [6.45, 7) is 0. The third kappa shape index (κ3) is 1.15. The molecule has 0 saturated heterocycles. The van der Waals surface area contributed by atoms with Gasteiger partial charge in [0.15, 0.2) is 0 Å². The monoisotopic (exact) mass is 234 g/mol. The molecule has 80 valence electrons. The molecule has 0 saturated carbocycles. The van der Waals surface area contributed by atoms with Crippen LogP contribution in [0.25, 0.3) is 11.1 Å². The smallest absolute Gasteiger partial charge is 0.196 e. The molecule has 3 heteroatoms. The van der Waals surface area contributed by atoms with Crippen LogP contribution >= 0.6 is 12.6 Å². The molecular weight excluding hydrogens is 226 g/mol. The second-order valence-electron chi connectivity index (χ2n) is 3.85. The molecule has 16 heavy (non-hydrogen) atoms. The number of hydrogen-bond acceptors (Lipinski definition) is 1. The molecular formula is C13H8F2S. The third-order valence-corrected chi connectivity index (χ3v) is 3.18. The lowest BCUT2D eigenvalue weighted by Gasteiger charge is -2.11. The molecule has 0 heterocycles. The van der Waals surface area contributed by atoms with E-state index in [-0.39, 0.29) is 11.1 Å². The van der Waals surface area contributed by atoms with Gasteiger partial charge in [0.25, 0.3) is 5.92 Å². The van der Waals surface area contributed by atoms with Crippen LogP contribution in [0.5, 0.6) is 0 Å². The van der Waals surface area contributed by atoms with Crippen molar-refractivity contribution in [2.24, 2.45) is 0 Å². The van der Waals surface area contributed by atoms with Crippen molar-refractivity contribution in [3.05, 3.63) is 53.6 Å². The van der Waals surface area contributed by atoms with Crippen molar-refractivity contribution < 1.29 is 8.78 Å². The van der Waals surface area contributed by atoms with Gasteiger partial charge in [-0.3, -0.25) is 0 Å². The molecule has 2 aromatic rings. The van der Waals surface area contributed by atoms with Crippen molar-refractivity contribution in [1.29, 1.82) is 0 Å². The number of thiol groups is 1. The molecule has 0 unspecified atom stereocenters. The highest BCUT2D eigenvalue weighted by atomic mass is 32.1. The van der Waals surface area contributed by atoms with Gasteiger partial charge in [0, 0.05) is 16.0 Å². The number of rotatable bonds is 0. The van der Waals surface area contributed by atoms with Crippen molar-refractivity contribution in [1.82, 2.24) is 0 Å². The van der Waals surface area contributed by atoms with Crippen LogP contribution < -0.4 is 0 Å². The number of fused-ring (bicyclic) bond motifs is 3. The van der Waals surface area contributed by atoms with Crippen LogP contribution in [0.3, 0.4) is 0 Å². The minimum atomic E-state index is -2.90. The molecule has 0 N–H and O–H groups in total. The van der Waals surface area contributed by atoms with E-state index in [2.05, 4.69) is 12.6 Å². The van der Waals surface area contributed by atoms with Crippen LogP contribution in [0.2, 0.25) is 0 Å². The Hall–Kier alpha value is -1.35. The first kappa shape index (κ1) is 9.85. The summed E-state index contributed by atoms with van der Waals surface area (Å²) in [7, 11) is 0. The molecule has 0 aromatic heterocycles. The first-order valence-electron chi connectivity index (χ1n) is 4.92. The lowest BCUT2D eigenvalue weighted by Crippen LogP contribution is -2.10. The Bertz CT molecular complexity index is 576. The molecule has 0 fully saturated rings. The summed E-state index contributed by atoms with van der Waals surface area (Å²) in [6.07, 6.45) is 0. The van der Waals surface area contributed by atoms with Crippen molar-refractivity contribution in [3.63, 3.8) is 0 Å². The van der Waals surface area contributed by atoms with E-state index in [1.54, 1.807) is 30.3 Å². The summed E-state index contributed by atoms with van der Waals surface area (Å²) in [5, 5.41) is 0. The van der Waals surface area contributed by atoms with E-state index in [0.29, 0.717) is 16.0 Å².